The zero-order valence-corrected chi connectivity index (χ0v) is 11.8. The van der Waals surface area contributed by atoms with Crippen molar-refractivity contribution < 1.29 is 4.39 Å². The normalized spacial score (nSPS) is 12.7. The van der Waals surface area contributed by atoms with Crippen LogP contribution in [0.25, 0.3) is 5.65 Å². The first-order valence-electron chi connectivity index (χ1n) is 7.05. The van der Waals surface area contributed by atoms with Gasteiger partial charge < -0.3 is 5.32 Å². The molecule has 3 rings (SSSR count). The second-order valence-electron chi connectivity index (χ2n) is 4.94. The highest BCUT2D eigenvalue weighted by molar-refractivity contribution is 5.37. The molecule has 0 bridgehead atoms. The molecule has 4 nitrogen and oxygen atoms in total. The molecule has 0 saturated heterocycles. The highest BCUT2D eigenvalue weighted by atomic mass is 19.1. The van der Waals surface area contributed by atoms with Crippen molar-refractivity contribution in [3.05, 3.63) is 65.9 Å². The Bertz CT molecular complexity index is 738. The summed E-state index contributed by atoms with van der Waals surface area (Å²) in [5.41, 5.74) is 1.78. The van der Waals surface area contributed by atoms with Crippen molar-refractivity contribution in [3.8, 4) is 0 Å². The van der Waals surface area contributed by atoms with Crippen LogP contribution in [0.15, 0.2) is 48.7 Å². The second-order valence-corrected chi connectivity index (χ2v) is 4.94. The maximum atomic E-state index is 13.3. The first kappa shape index (κ1) is 13.7. The van der Waals surface area contributed by atoms with Gasteiger partial charge in [-0.1, -0.05) is 25.1 Å². The summed E-state index contributed by atoms with van der Waals surface area (Å²) < 4.78 is 15.3. The number of aromatic nitrogens is 3. The minimum Gasteiger partial charge on any atom is -0.303 e. The predicted molar refractivity (Wildman–Crippen MR) is 79.3 cm³/mol. The van der Waals surface area contributed by atoms with E-state index in [2.05, 4.69) is 22.4 Å². The van der Waals surface area contributed by atoms with Gasteiger partial charge in [-0.05, 0) is 36.2 Å². The summed E-state index contributed by atoms with van der Waals surface area (Å²) in [6, 6.07) is 12.6. The van der Waals surface area contributed by atoms with Crippen LogP contribution in [0.1, 0.15) is 30.8 Å². The standard InChI is InChI=1S/C16H17FN4/c1-2-14(12-6-5-7-13(17)10-12)18-11-16-20-19-15-8-3-4-9-21(15)16/h3-10,14,18H,2,11H2,1H3. The van der Waals surface area contributed by atoms with Gasteiger partial charge in [0, 0.05) is 12.2 Å². The van der Waals surface area contributed by atoms with Gasteiger partial charge in [0.25, 0.3) is 0 Å². The molecule has 108 valence electrons. The molecule has 1 atom stereocenters. The van der Waals surface area contributed by atoms with E-state index in [1.165, 1.54) is 6.07 Å². The molecule has 2 heterocycles. The summed E-state index contributed by atoms with van der Waals surface area (Å²) in [6.07, 6.45) is 2.82. The van der Waals surface area contributed by atoms with Gasteiger partial charge in [-0.25, -0.2) is 4.39 Å². The van der Waals surface area contributed by atoms with Crippen molar-refractivity contribution >= 4 is 5.65 Å². The summed E-state index contributed by atoms with van der Waals surface area (Å²) >= 11 is 0. The molecular formula is C16H17FN4. The largest absolute Gasteiger partial charge is 0.303 e. The summed E-state index contributed by atoms with van der Waals surface area (Å²) in [4.78, 5) is 0. The lowest BCUT2D eigenvalue weighted by Gasteiger charge is -2.17. The van der Waals surface area contributed by atoms with Crippen LogP contribution < -0.4 is 5.32 Å². The first-order chi connectivity index (χ1) is 10.3. The smallest absolute Gasteiger partial charge is 0.160 e. The summed E-state index contributed by atoms with van der Waals surface area (Å²) in [6.45, 7) is 2.66. The maximum Gasteiger partial charge on any atom is 0.160 e. The van der Waals surface area contributed by atoms with Crippen LogP contribution in [0.2, 0.25) is 0 Å². The Labute approximate surface area is 122 Å². The third-order valence-corrected chi connectivity index (χ3v) is 3.55. The minimum atomic E-state index is -0.208. The van der Waals surface area contributed by atoms with Gasteiger partial charge in [0.15, 0.2) is 11.5 Å². The lowest BCUT2D eigenvalue weighted by atomic mass is 10.0. The average Bonchev–Trinajstić information content (AvgIpc) is 2.91. The number of benzene rings is 1. The van der Waals surface area contributed by atoms with E-state index < -0.39 is 0 Å². The molecule has 0 radical (unpaired) electrons. The van der Waals surface area contributed by atoms with Crippen molar-refractivity contribution in [1.29, 1.82) is 0 Å². The third kappa shape index (κ3) is 2.92. The van der Waals surface area contributed by atoms with Crippen LogP contribution >= 0.6 is 0 Å². The Hall–Kier alpha value is -2.27. The number of nitrogens with one attached hydrogen (secondary N) is 1. The van der Waals surface area contributed by atoms with Gasteiger partial charge in [0.2, 0.25) is 0 Å². The van der Waals surface area contributed by atoms with Crippen molar-refractivity contribution in [1.82, 2.24) is 19.9 Å². The van der Waals surface area contributed by atoms with Crippen molar-refractivity contribution in [2.24, 2.45) is 0 Å². The Morgan fingerprint density at radius 3 is 2.90 bits per heavy atom. The molecule has 2 aromatic heterocycles. The highest BCUT2D eigenvalue weighted by Crippen LogP contribution is 2.18. The second kappa shape index (κ2) is 6.01. The fraction of sp³-hybridized carbons (Fsp3) is 0.250. The molecule has 0 saturated carbocycles. The van der Waals surface area contributed by atoms with E-state index in [-0.39, 0.29) is 11.9 Å². The van der Waals surface area contributed by atoms with Crippen LogP contribution in [0.5, 0.6) is 0 Å². The third-order valence-electron chi connectivity index (χ3n) is 3.55. The van der Waals surface area contributed by atoms with Crippen LogP contribution in [-0.2, 0) is 6.54 Å². The molecule has 1 aromatic carbocycles. The van der Waals surface area contributed by atoms with Crippen molar-refractivity contribution in [2.75, 3.05) is 0 Å². The number of fused-ring (bicyclic) bond motifs is 1. The predicted octanol–water partition coefficient (Wildman–Crippen LogP) is 3.11. The average molecular weight is 284 g/mol. The monoisotopic (exact) mass is 284 g/mol. The molecule has 3 aromatic rings. The Kier molecular flexibility index (Phi) is 3.92. The maximum absolute atomic E-state index is 13.3. The first-order valence-corrected chi connectivity index (χ1v) is 7.05. The van der Waals surface area contributed by atoms with Gasteiger partial charge in [-0.15, -0.1) is 10.2 Å². The number of rotatable bonds is 5. The van der Waals surface area contributed by atoms with Crippen LogP contribution in [0.3, 0.4) is 0 Å². The molecule has 21 heavy (non-hydrogen) atoms. The lowest BCUT2D eigenvalue weighted by molar-refractivity contribution is 0.503. The molecule has 0 aliphatic rings. The zero-order chi connectivity index (χ0) is 14.7. The number of hydrogen-bond donors (Lipinski definition) is 1. The topological polar surface area (TPSA) is 42.2 Å². The van der Waals surface area contributed by atoms with Gasteiger partial charge in [-0.2, -0.15) is 0 Å². The van der Waals surface area contributed by atoms with E-state index in [9.17, 15) is 4.39 Å². The Morgan fingerprint density at radius 1 is 1.19 bits per heavy atom. The number of hydrogen-bond acceptors (Lipinski definition) is 3. The Balaban J connectivity index is 1.76. The van der Waals surface area contributed by atoms with E-state index >= 15 is 0 Å². The Morgan fingerprint density at radius 2 is 2.10 bits per heavy atom. The molecule has 0 spiro atoms. The van der Waals surface area contributed by atoms with Crippen LogP contribution in [0.4, 0.5) is 4.39 Å². The van der Waals surface area contributed by atoms with E-state index in [1.807, 2.05) is 34.9 Å². The number of pyridine rings is 1. The van der Waals surface area contributed by atoms with E-state index in [4.69, 9.17) is 0 Å². The zero-order valence-electron chi connectivity index (χ0n) is 11.8. The summed E-state index contributed by atoms with van der Waals surface area (Å²) in [7, 11) is 0. The molecule has 0 fully saturated rings. The van der Waals surface area contributed by atoms with E-state index in [0.717, 1.165) is 23.5 Å². The molecule has 0 amide bonds. The van der Waals surface area contributed by atoms with Crippen molar-refractivity contribution in [3.63, 3.8) is 0 Å². The SMILES string of the molecule is CCC(NCc1nnc2ccccn12)c1cccc(F)c1. The van der Waals surface area contributed by atoms with Crippen molar-refractivity contribution in [2.45, 2.75) is 25.9 Å². The molecule has 1 N–H and O–H groups in total. The van der Waals surface area contributed by atoms with Gasteiger partial charge >= 0.3 is 0 Å². The van der Waals surface area contributed by atoms with Crippen LogP contribution in [0, 0.1) is 5.82 Å². The summed E-state index contributed by atoms with van der Waals surface area (Å²) in [5.74, 6) is 0.640. The molecule has 5 heteroatoms. The number of nitrogens with zero attached hydrogens (tertiary/aromatic N) is 3. The summed E-state index contributed by atoms with van der Waals surface area (Å²) in [5, 5.41) is 11.7. The molecule has 0 aliphatic carbocycles. The van der Waals surface area contributed by atoms with E-state index in [1.54, 1.807) is 12.1 Å². The van der Waals surface area contributed by atoms with E-state index in [0.29, 0.717) is 6.54 Å². The molecule has 0 aliphatic heterocycles. The highest BCUT2D eigenvalue weighted by Gasteiger charge is 2.11. The van der Waals surface area contributed by atoms with Gasteiger partial charge in [0.05, 0.1) is 6.54 Å². The lowest BCUT2D eigenvalue weighted by Crippen LogP contribution is -2.21. The molecule has 1 unspecified atom stereocenters. The molecular weight excluding hydrogens is 267 g/mol. The van der Waals surface area contributed by atoms with Gasteiger partial charge in [-0.3, -0.25) is 4.40 Å². The van der Waals surface area contributed by atoms with Gasteiger partial charge in [0.1, 0.15) is 5.82 Å². The van der Waals surface area contributed by atoms with Crippen LogP contribution in [-0.4, -0.2) is 14.6 Å². The quantitative estimate of drug-likeness (QED) is 0.782. The fourth-order valence-corrected chi connectivity index (χ4v) is 2.45. The fourth-order valence-electron chi connectivity index (χ4n) is 2.45. The number of halogens is 1. The minimum absolute atomic E-state index is 0.0942.